The van der Waals surface area contributed by atoms with E-state index >= 15 is 0 Å². The lowest BCUT2D eigenvalue weighted by Gasteiger charge is -2.12. The van der Waals surface area contributed by atoms with E-state index in [9.17, 15) is 5.11 Å². The Morgan fingerprint density at radius 2 is 1.71 bits per heavy atom. The first kappa shape index (κ1) is 23.4. The summed E-state index contributed by atoms with van der Waals surface area (Å²) < 4.78 is 10.5. The third-order valence-corrected chi connectivity index (χ3v) is 4.75. The molecule has 0 amide bonds. The molecule has 154 valence electrons. The fourth-order valence-electron chi connectivity index (χ4n) is 2.24. The molecule has 0 radical (unpaired) electrons. The summed E-state index contributed by atoms with van der Waals surface area (Å²) >= 11 is 1.64. The van der Waals surface area contributed by atoms with Gasteiger partial charge in [-0.25, -0.2) is 9.59 Å². The molecular formula is C19H25NO7S. The molecule has 1 unspecified atom stereocenters. The van der Waals surface area contributed by atoms with Gasteiger partial charge >= 0.3 is 11.9 Å². The molecule has 0 aliphatic heterocycles. The topological polar surface area (TPSA) is 125 Å². The Bertz CT molecular complexity index is 763. The number of aliphatic hydroxyl groups excluding tert-OH is 1. The van der Waals surface area contributed by atoms with Gasteiger partial charge in [0.15, 0.2) is 11.5 Å². The molecule has 0 saturated carbocycles. The zero-order valence-electron chi connectivity index (χ0n) is 16.0. The minimum atomic E-state index is -1.82. The number of methoxy groups -OCH3 is 2. The molecule has 2 aromatic rings. The minimum absolute atomic E-state index is 0.441. The van der Waals surface area contributed by atoms with E-state index in [1.807, 2.05) is 37.3 Å². The number of benzene rings is 1. The molecule has 9 heteroatoms. The van der Waals surface area contributed by atoms with Crippen LogP contribution >= 0.6 is 11.3 Å². The van der Waals surface area contributed by atoms with Gasteiger partial charge in [-0.1, -0.05) is 6.07 Å². The van der Waals surface area contributed by atoms with E-state index in [1.165, 1.54) is 10.4 Å². The van der Waals surface area contributed by atoms with Crippen molar-refractivity contribution in [3.8, 4) is 11.5 Å². The molecule has 28 heavy (non-hydrogen) atoms. The van der Waals surface area contributed by atoms with E-state index in [1.54, 1.807) is 25.6 Å². The van der Waals surface area contributed by atoms with Crippen LogP contribution in [0.15, 0.2) is 30.3 Å². The number of rotatable bonds is 8. The van der Waals surface area contributed by atoms with Crippen LogP contribution in [-0.4, -0.2) is 54.6 Å². The number of hydrogen-bond acceptors (Lipinski definition) is 7. The molecule has 2 rings (SSSR count). The summed E-state index contributed by atoms with van der Waals surface area (Å²) in [5, 5.41) is 28.2. The maximum atomic E-state index is 10.1. The number of carboxylic acid groups (broad SMARTS) is 2. The normalized spacial score (nSPS) is 11.1. The minimum Gasteiger partial charge on any atom is -0.493 e. The lowest BCUT2D eigenvalue weighted by molar-refractivity contribution is -0.159. The number of hydrogen-bond donors (Lipinski definition) is 4. The number of thiophene rings is 1. The van der Waals surface area contributed by atoms with E-state index in [-0.39, 0.29) is 0 Å². The Balaban J connectivity index is 0.000000568. The predicted octanol–water partition coefficient (Wildman–Crippen LogP) is 2.10. The molecule has 1 aromatic carbocycles. The zero-order chi connectivity index (χ0) is 21.1. The molecule has 1 atom stereocenters. The van der Waals surface area contributed by atoms with Crippen LogP contribution in [0.4, 0.5) is 0 Å². The van der Waals surface area contributed by atoms with Gasteiger partial charge in [-0.3, -0.25) is 0 Å². The van der Waals surface area contributed by atoms with E-state index in [0.717, 1.165) is 29.3 Å². The van der Waals surface area contributed by atoms with Crippen LogP contribution in [-0.2, 0) is 16.0 Å². The molecule has 8 nitrogen and oxygen atoms in total. The van der Waals surface area contributed by atoms with Crippen molar-refractivity contribution in [3.05, 3.63) is 45.6 Å². The Kier molecular flexibility index (Phi) is 10.0. The van der Waals surface area contributed by atoms with Crippen LogP contribution in [0.1, 0.15) is 21.4 Å². The van der Waals surface area contributed by atoms with Gasteiger partial charge in [0.1, 0.15) is 6.10 Å². The fraction of sp³-hybridized carbons (Fsp3) is 0.368. The molecule has 0 saturated heterocycles. The smallest absolute Gasteiger partial charge is 0.414 e. The highest BCUT2D eigenvalue weighted by atomic mass is 32.1. The highest BCUT2D eigenvalue weighted by Crippen LogP contribution is 2.27. The van der Waals surface area contributed by atoms with Crippen molar-refractivity contribution in [2.24, 2.45) is 0 Å². The molecule has 0 spiro atoms. The third kappa shape index (κ3) is 7.95. The molecule has 0 bridgehead atoms. The third-order valence-electron chi connectivity index (χ3n) is 3.65. The summed E-state index contributed by atoms with van der Waals surface area (Å²) in [5.74, 6) is -2.17. The fourth-order valence-corrected chi connectivity index (χ4v) is 3.10. The van der Waals surface area contributed by atoms with Gasteiger partial charge in [0.2, 0.25) is 0 Å². The van der Waals surface area contributed by atoms with Crippen LogP contribution in [0.5, 0.6) is 11.5 Å². The highest BCUT2D eigenvalue weighted by Gasteiger charge is 2.09. The van der Waals surface area contributed by atoms with Crippen LogP contribution in [0.3, 0.4) is 0 Å². The Morgan fingerprint density at radius 1 is 1.07 bits per heavy atom. The Hall–Kier alpha value is -2.62. The summed E-state index contributed by atoms with van der Waals surface area (Å²) in [7, 11) is 3.27. The molecule has 1 heterocycles. The average molecular weight is 411 g/mol. The maximum absolute atomic E-state index is 10.1. The summed E-state index contributed by atoms with van der Waals surface area (Å²) in [5.41, 5.74) is 1.17. The van der Waals surface area contributed by atoms with Crippen molar-refractivity contribution in [1.82, 2.24) is 5.32 Å². The van der Waals surface area contributed by atoms with Gasteiger partial charge in [-0.2, -0.15) is 0 Å². The lowest BCUT2D eigenvalue weighted by atomic mass is 10.1. The number of carbonyl (C=O) groups is 2. The van der Waals surface area contributed by atoms with Gasteiger partial charge < -0.3 is 30.1 Å². The molecule has 0 aliphatic rings. The number of aryl methyl sites for hydroxylation is 1. The van der Waals surface area contributed by atoms with Crippen LogP contribution in [0, 0.1) is 6.92 Å². The average Bonchev–Trinajstić information content (AvgIpc) is 3.11. The van der Waals surface area contributed by atoms with E-state index < -0.39 is 18.0 Å². The SMILES string of the molecule is COc1ccc(CCNCC(O)c2ccc(C)s2)cc1OC.O=C(O)C(=O)O. The largest absolute Gasteiger partial charge is 0.493 e. The molecule has 0 fully saturated rings. The first-order valence-electron chi connectivity index (χ1n) is 8.40. The summed E-state index contributed by atoms with van der Waals surface area (Å²) in [6, 6.07) is 9.95. The second-order valence-corrected chi connectivity index (χ2v) is 7.04. The number of aliphatic hydroxyl groups is 1. The van der Waals surface area contributed by atoms with Gasteiger partial charge in [0.05, 0.1) is 14.2 Å². The van der Waals surface area contributed by atoms with Gasteiger partial charge in [-0.15, -0.1) is 11.3 Å². The lowest BCUT2D eigenvalue weighted by Crippen LogP contribution is -2.23. The summed E-state index contributed by atoms with van der Waals surface area (Å²) in [6.07, 6.45) is 0.431. The van der Waals surface area contributed by atoms with Crippen LogP contribution < -0.4 is 14.8 Å². The Morgan fingerprint density at radius 3 is 2.21 bits per heavy atom. The predicted molar refractivity (Wildman–Crippen MR) is 105 cm³/mol. The summed E-state index contributed by atoms with van der Waals surface area (Å²) in [6.45, 7) is 3.41. The standard InChI is InChI=1S/C17H23NO3S.C2H2O4/c1-12-4-7-17(22-12)14(19)11-18-9-8-13-5-6-15(20-2)16(10-13)21-3;3-1(4)2(5)6/h4-7,10,14,18-19H,8-9,11H2,1-3H3;(H,3,4)(H,5,6). The molecule has 0 aliphatic carbocycles. The number of aliphatic carboxylic acids is 2. The van der Waals surface area contributed by atoms with E-state index in [2.05, 4.69) is 5.32 Å². The quantitative estimate of drug-likeness (QED) is 0.384. The summed E-state index contributed by atoms with van der Waals surface area (Å²) in [4.78, 5) is 20.4. The zero-order valence-corrected chi connectivity index (χ0v) is 16.8. The van der Waals surface area contributed by atoms with Gasteiger partial charge in [0, 0.05) is 16.3 Å². The maximum Gasteiger partial charge on any atom is 0.414 e. The number of carboxylic acids is 2. The second-order valence-electron chi connectivity index (χ2n) is 5.72. The van der Waals surface area contributed by atoms with Crippen molar-refractivity contribution < 1.29 is 34.4 Å². The van der Waals surface area contributed by atoms with Crippen LogP contribution in [0.2, 0.25) is 0 Å². The first-order valence-corrected chi connectivity index (χ1v) is 9.22. The van der Waals surface area contributed by atoms with E-state index in [4.69, 9.17) is 29.3 Å². The van der Waals surface area contributed by atoms with Crippen molar-refractivity contribution in [3.63, 3.8) is 0 Å². The molecule has 4 N–H and O–H groups in total. The number of ether oxygens (including phenoxy) is 2. The van der Waals surface area contributed by atoms with Gasteiger partial charge in [0.25, 0.3) is 0 Å². The van der Waals surface area contributed by atoms with Crippen molar-refractivity contribution in [2.75, 3.05) is 27.3 Å². The number of nitrogens with one attached hydrogen (secondary N) is 1. The highest BCUT2D eigenvalue weighted by molar-refractivity contribution is 7.12. The van der Waals surface area contributed by atoms with Crippen molar-refractivity contribution >= 4 is 23.3 Å². The Labute approximate surface area is 167 Å². The molecule has 1 aromatic heterocycles. The first-order chi connectivity index (χ1) is 13.3. The van der Waals surface area contributed by atoms with Crippen molar-refractivity contribution in [1.29, 1.82) is 0 Å². The van der Waals surface area contributed by atoms with E-state index in [0.29, 0.717) is 6.54 Å². The van der Waals surface area contributed by atoms with Crippen LogP contribution in [0.25, 0.3) is 0 Å². The molecular weight excluding hydrogens is 386 g/mol. The van der Waals surface area contributed by atoms with Crippen molar-refractivity contribution in [2.45, 2.75) is 19.4 Å². The second kappa shape index (κ2) is 12.0. The monoisotopic (exact) mass is 411 g/mol. The van der Waals surface area contributed by atoms with Gasteiger partial charge in [-0.05, 0) is 49.7 Å².